The first-order valence-corrected chi connectivity index (χ1v) is 20.5. The van der Waals surface area contributed by atoms with Crippen LogP contribution in [0.25, 0.3) is 0 Å². The van der Waals surface area contributed by atoms with Crippen LogP contribution in [-0.4, -0.2) is 104 Å². The molecule has 0 bridgehead atoms. The number of aliphatic imine (C=N–C) groups is 1. The lowest BCUT2D eigenvalue weighted by molar-refractivity contribution is -0.0965. The maximum absolute atomic E-state index is 13.8. The van der Waals surface area contributed by atoms with Crippen LogP contribution >= 0.6 is 8.53 Å². The van der Waals surface area contributed by atoms with E-state index in [-0.39, 0.29) is 37.5 Å². The van der Waals surface area contributed by atoms with Gasteiger partial charge in [0.05, 0.1) is 46.3 Å². The van der Waals surface area contributed by atoms with E-state index in [0.717, 1.165) is 21.3 Å². The summed E-state index contributed by atoms with van der Waals surface area (Å²) in [7, 11) is 6.39. The second kappa shape index (κ2) is 20.9. The van der Waals surface area contributed by atoms with Crippen LogP contribution in [0, 0.1) is 11.3 Å². The summed E-state index contributed by atoms with van der Waals surface area (Å²) in [5, 5.41) is 9.40. The zero-order chi connectivity index (χ0) is 42.7. The van der Waals surface area contributed by atoms with E-state index in [0.29, 0.717) is 11.5 Å². The molecule has 2 heterocycles. The lowest BCUT2D eigenvalue weighted by Gasteiger charge is -2.39. The maximum Gasteiger partial charge on any atom is 0.332 e. The van der Waals surface area contributed by atoms with Crippen LogP contribution in [0.4, 0.5) is 5.82 Å². The molecule has 0 radical (unpaired) electrons. The van der Waals surface area contributed by atoms with Crippen molar-refractivity contribution in [1.82, 2.24) is 19.1 Å². The second-order valence-corrected chi connectivity index (χ2v) is 16.0. The largest absolute Gasteiger partial charge is 0.497 e. The molecule has 0 spiro atoms. The lowest BCUT2D eigenvalue weighted by atomic mass is 9.80. The van der Waals surface area contributed by atoms with Crippen molar-refractivity contribution in [2.45, 2.75) is 76.3 Å². The third-order valence-electron chi connectivity index (χ3n) is 9.70. The summed E-state index contributed by atoms with van der Waals surface area (Å²) in [4.78, 5) is 36.1. The molecule has 1 N–H and O–H groups in total. The number of rotatable bonds is 20. The highest BCUT2D eigenvalue weighted by atomic mass is 31.2. The number of hydrogen-bond donors (Lipinski definition) is 1. The van der Waals surface area contributed by atoms with Gasteiger partial charge in [-0.2, -0.15) is 5.26 Å². The molecule has 1 fully saturated rings. The Morgan fingerprint density at radius 2 is 1.47 bits per heavy atom. The molecule has 15 nitrogen and oxygen atoms in total. The maximum atomic E-state index is 13.8. The van der Waals surface area contributed by atoms with E-state index >= 15 is 0 Å². The van der Waals surface area contributed by atoms with Gasteiger partial charge in [-0.3, -0.25) is 9.78 Å². The van der Waals surface area contributed by atoms with Crippen molar-refractivity contribution in [3.05, 3.63) is 122 Å². The summed E-state index contributed by atoms with van der Waals surface area (Å²) < 4.78 is 47.5. The number of hydrogen-bond acceptors (Lipinski definition) is 12. The summed E-state index contributed by atoms with van der Waals surface area (Å²) in [6.45, 7) is 8.14. The highest BCUT2D eigenvalue weighted by molar-refractivity contribution is 7.44. The first-order chi connectivity index (χ1) is 28.4. The van der Waals surface area contributed by atoms with Crippen LogP contribution in [0.5, 0.6) is 11.5 Å². The Kier molecular flexibility index (Phi) is 16.0. The fraction of sp³-hybridized carbons (Fsp3) is 0.442. The van der Waals surface area contributed by atoms with Gasteiger partial charge in [-0.1, -0.05) is 54.6 Å². The van der Waals surface area contributed by atoms with Crippen LogP contribution in [0.15, 0.2) is 99.5 Å². The molecular formula is C43H55N6O9P. The predicted molar refractivity (Wildman–Crippen MR) is 226 cm³/mol. The number of aromatic amines is 1. The van der Waals surface area contributed by atoms with Crippen molar-refractivity contribution in [1.29, 1.82) is 5.26 Å². The highest BCUT2D eigenvalue weighted by Gasteiger charge is 2.51. The van der Waals surface area contributed by atoms with E-state index in [1.165, 1.54) is 19.5 Å². The van der Waals surface area contributed by atoms with Crippen molar-refractivity contribution < 1.29 is 32.7 Å². The molecule has 0 saturated carbocycles. The normalized spacial score (nSPS) is 18.8. The van der Waals surface area contributed by atoms with Crippen molar-refractivity contribution in [2.75, 3.05) is 48.6 Å². The minimum atomic E-state index is -1.84. The highest BCUT2D eigenvalue weighted by Crippen LogP contribution is 2.51. The smallest absolute Gasteiger partial charge is 0.332 e. The number of nitrogens with one attached hydrogen (secondary N) is 1. The molecule has 0 aliphatic carbocycles. The number of aromatic nitrogens is 2. The second-order valence-electron chi connectivity index (χ2n) is 14.6. The van der Waals surface area contributed by atoms with Gasteiger partial charge >= 0.3 is 5.69 Å². The molecule has 4 aromatic rings. The lowest BCUT2D eigenvalue weighted by Crippen LogP contribution is -2.44. The molecular weight excluding hydrogens is 775 g/mol. The van der Waals surface area contributed by atoms with E-state index in [1.807, 2.05) is 107 Å². The Labute approximate surface area is 347 Å². The Morgan fingerprint density at radius 3 is 1.97 bits per heavy atom. The molecule has 3 aromatic carbocycles. The monoisotopic (exact) mass is 830 g/mol. The first-order valence-electron chi connectivity index (χ1n) is 19.4. The van der Waals surface area contributed by atoms with Crippen molar-refractivity contribution >= 4 is 20.7 Å². The minimum Gasteiger partial charge on any atom is -0.497 e. The minimum absolute atomic E-state index is 0.0198. The quantitative estimate of drug-likeness (QED) is 0.0346. The van der Waals surface area contributed by atoms with E-state index < -0.39 is 49.9 Å². The van der Waals surface area contributed by atoms with E-state index in [9.17, 15) is 14.9 Å². The zero-order valence-corrected chi connectivity index (χ0v) is 36.0. The van der Waals surface area contributed by atoms with Gasteiger partial charge in [0, 0.05) is 39.4 Å². The molecule has 59 heavy (non-hydrogen) atoms. The van der Waals surface area contributed by atoms with Crippen LogP contribution in [-0.2, 0) is 28.9 Å². The van der Waals surface area contributed by atoms with Gasteiger partial charge in [-0.05, 0) is 68.7 Å². The molecule has 316 valence electrons. The Balaban J connectivity index is 1.67. The number of H-pyrrole nitrogens is 1. The number of benzene rings is 3. The van der Waals surface area contributed by atoms with Crippen LogP contribution in [0.1, 0.15) is 57.0 Å². The predicted octanol–water partition coefficient (Wildman–Crippen LogP) is 6.36. The van der Waals surface area contributed by atoms with Gasteiger partial charge in [0.2, 0.25) is 0 Å². The number of nitriles is 1. The molecule has 16 heteroatoms. The SMILES string of the molecule is COc1ccc(C(OC[C@H]2O[C@@H](n3c(=O)cc(/N=C/N(C)C)[nH]c3=O)[C@H](OC)[C@@H]2OP(OCCC#N)N(C(C)C)C(C)C)(c2ccccc2)c2ccc(OC)cc2)cc1. The molecule has 1 aliphatic rings. The molecule has 1 aliphatic heterocycles. The summed E-state index contributed by atoms with van der Waals surface area (Å²) in [6, 6.07) is 28.4. The molecule has 1 unspecified atom stereocenters. The first kappa shape index (κ1) is 45.2. The van der Waals surface area contributed by atoms with Crippen molar-refractivity contribution in [2.24, 2.45) is 4.99 Å². The summed E-state index contributed by atoms with van der Waals surface area (Å²) in [5.74, 6) is 1.42. The van der Waals surface area contributed by atoms with Gasteiger partial charge in [0.1, 0.15) is 41.2 Å². The van der Waals surface area contributed by atoms with Crippen molar-refractivity contribution in [3.63, 3.8) is 0 Å². The third kappa shape index (κ3) is 10.5. The van der Waals surface area contributed by atoms with Crippen LogP contribution in [0.2, 0.25) is 0 Å². The van der Waals surface area contributed by atoms with Crippen LogP contribution in [0.3, 0.4) is 0 Å². The Hall–Kier alpha value is -4.91. The molecule has 1 saturated heterocycles. The van der Waals surface area contributed by atoms with Crippen LogP contribution < -0.4 is 20.7 Å². The summed E-state index contributed by atoms with van der Waals surface area (Å²) >= 11 is 0. The van der Waals surface area contributed by atoms with Gasteiger partial charge in [0.25, 0.3) is 14.1 Å². The number of methoxy groups -OCH3 is 3. The van der Waals surface area contributed by atoms with E-state index in [2.05, 4.69) is 20.7 Å². The van der Waals surface area contributed by atoms with Gasteiger partial charge in [-0.15, -0.1) is 0 Å². The summed E-state index contributed by atoms with van der Waals surface area (Å²) in [6.07, 6.45) is -2.52. The molecule has 1 aromatic heterocycles. The molecule has 5 atom stereocenters. The number of ether oxygens (including phenoxy) is 5. The topological polar surface area (TPSA) is 162 Å². The molecule has 0 amide bonds. The average Bonchev–Trinajstić information content (AvgIpc) is 3.56. The third-order valence-corrected chi connectivity index (χ3v) is 11.8. The Morgan fingerprint density at radius 1 is 0.898 bits per heavy atom. The summed E-state index contributed by atoms with van der Waals surface area (Å²) in [5.41, 5.74) is -0.228. The van der Waals surface area contributed by atoms with Gasteiger partial charge in [-0.25, -0.2) is 19.0 Å². The zero-order valence-electron chi connectivity index (χ0n) is 35.1. The fourth-order valence-corrected chi connectivity index (χ4v) is 8.86. The molecule has 5 rings (SSSR count). The average molecular weight is 831 g/mol. The van der Waals surface area contributed by atoms with Gasteiger partial charge in [0.15, 0.2) is 6.23 Å². The Bertz CT molecular complexity index is 2030. The number of nitrogens with zero attached hydrogens (tertiary/aromatic N) is 5. The van der Waals surface area contributed by atoms with E-state index in [4.69, 9.17) is 32.7 Å². The van der Waals surface area contributed by atoms with Crippen molar-refractivity contribution in [3.8, 4) is 17.6 Å². The fourth-order valence-electron chi connectivity index (χ4n) is 7.09. The van der Waals surface area contributed by atoms with E-state index in [1.54, 1.807) is 33.2 Å². The van der Waals surface area contributed by atoms with Gasteiger partial charge < -0.3 is 37.6 Å². The standard InChI is InChI=1S/C43H55N6O9P/c1-29(2)49(30(3)4)59(56-25-13-24-44)58-39-36(57-41(40(39)54-9)48-38(50)26-37(46-42(48)51)45-28-47(5)6)27-55-43(31-14-11-10-12-15-31,32-16-20-34(52-7)21-17-32)33-18-22-35(53-8)23-19-33/h10-12,14-23,26,28-30,36,39-41H,13,25,27H2,1-9H3,(H,46,51)/b45-28+/t36-,39-,40-,41-,59?/m1/s1.